The van der Waals surface area contributed by atoms with E-state index in [2.05, 4.69) is 0 Å². The van der Waals surface area contributed by atoms with Gasteiger partial charge in [-0.3, -0.25) is 4.79 Å². The van der Waals surface area contributed by atoms with E-state index in [1.54, 1.807) is 0 Å². The van der Waals surface area contributed by atoms with Crippen LogP contribution in [0.15, 0.2) is 17.0 Å². The van der Waals surface area contributed by atoms with Crippen molar-refractivity contribution < 1.29 is 22.0 Å². The lowest BCUT2D eigenvalue weighted by Gasteiger charge is -2.27. The lowest BCUT2D eigenvalue weighted by molar-refractivity contribution is 0.0698. The maximum atomic E-state index is 13.8. The van der Waals surface area contributed by atoms with Crippen LogP contribution in [0.5, 0.6) is 0 Å². The summed E-state index contributed by atoms with van der Waals surface area (Å²) < 4.78 is 49.9. The van der Waals surface area contributed by atoms with Crippen LogP contribution in [-0.4, -0.2) is 31.8 Å². The highest BCUT2D eigenvalue weighted by molar-refractivity contribution is 7.89. The summed E-state index contributed by atoms with van der Waals surface area (Å²) in [7, 11) is -4.35. The number of hydrogen-bond donors (Lipinski definition) is 1. The minimum Gasteiger partial charge on any atom is -0.335 e. The van der Waals surface area contributed by atoms with Gasteiger partial charge in [0, 0.05) is 18.7 Å². The van der Waals surface area contributed by atoms with E-state index in [1.165, 1.54) is 4.90 Å². The Labute approximate surface area is 120 Å². The Morgan fingerprint density at radius 2 is 1.95 bits per heavy atom. The molecule has 2 aliphatic rings. The molecule has 1 saturated carbocycles. The first-order valence-electron chi connectivity index (χ1n) is 6.60. The van der Waals surface area contributed by atoms with E-state index in [0.717, 1.165) is 19.3 Å². The van der Waals surface area contributed by atoms with Gasteiger partial charge in [0.05, 0.1) is 5.56 Å². The van der Waals surface area contributed by atoms with Gasteiger partial charge in [-0.1, -0.05) is 0 Å². The molecule has 2 fully saturated rings. The van der Waals surface area contributed by atoms with Crippen molar-refractivity contribution in [3.63, 3.8) is 0 Å². The summed E-state index contributed by atoms with van der Waals surface area (Å²) in [6.45, 7) is 0.533. The molecule has 1 aliphatic carbocycles. The van der Waals surface area contributed by atoms with Crippen LogP contribution in [0.1, 0.15) is 29.6 Å². The second kappa shape index (κ2) is 4.74. The number of fused-ring (bicyclic) bond motifs is 2. The van der Waals surface area contributed by atoms with Crippen molar-refractivity contribution in [2.45, 2.75) is 30.2 Å². The van der Waals surface area contributed by atoms with Crippen LogP contribution < -0.4 is 5.14 Å². The quantitative estimate of drug-likeness (QED) is 0.891. The zero-order chi connectivity index (χ0) is 15.4. The average molecular weight is 316 g/mol. The molecule has 2 atom stereocenters. The molecule has 114 valence electrons. The maximum Gasteiger partial charge on any atom is 0.257 e. The fourth-order valence-electron chi connectivity index (χ4n) is 3.24. The number of carbonyl (C=O) groups excluding carboxylic acids is 1. The third-order valence-electron chi connectivity index (χ3n) is 4.23. The maximum absolute atomic E-state index is 13.8. The summed E-state index contributed by atoms with van der Waals surface area (Å²) in [5.74, 6) is -2.56. The molecule has 21 heavy (non-hydrogen) atoms. The van der Waals surface area contributed by atoms with E-state index in [-0.39, 0.29) is 6.04 Å². The van der Waals surface area contributed by atoms with Gasteiger partial charge in [0.2, 0.25) is 10.0 Å². The Hall–Kier alpha value is -1.54. The van der Waals surface area contributed by atoms with Crippen LogP contribution in [0.25, 0.3) is 0 Å². The molecule has 1 amide bonds. The van der Waals surface area contributed by atoms with Crippen molar-refractivity contribution in [2.24, 2.45) is 11.1 Å². The number of nitrogens with zero attached hydrogens (tertiary/aromatic N) is 1. The van der Waals surface area contributed by atoms with Gasteiger partial charge < -0.3 is 4.90 Å². The largest absolute Gasteiger partial charge is 0.335 e. The van der Waals surface area contributed by atoms with Gasteiger partial charge in [0.25, 0.3) is 5.91 Å². The van der Waals surface area contributed by atoms with Crippen molar-refractivity contribution in [3.8, 4) is 0 Å². The number of halogens is 2. The monoisotopic (exact) mass is 316 g/mol. The smallest absolute Gasteiger partial charge is 0.257 e. The van der Waals surface area contributed by atoms with Crippen LogP contribution in [0.2, 0.25) is 0 Å². The van der Waals surface area contributed by atoms with Gasteiger partial charge in [0.1, 0.15) is 16.5 Å². The van der Waals surface area contributed by atoms with Crippen molar-refractivity contribution in [3.05, 3.63) is 29.3 Å². The molecule has 2 bridgehead atoms. The van der Waals surface area contributed by atoms with Crippen LogP contribution in [0.3, 0.4) is 0 Å². The number of sulfonamides is 1. The van der Waals surface area contributed by atoms with Gasteiger partial charge in [-0.15, -0.1) is 0 Å². The van der Waals surface area contributed by atoms with Gasteiger partial charge in [-0.2, -0.15) is 0 Å². The Balaban J connectivity index is 2.00. The minimum absolute atomic E-state index is 0.0601. The molecule has 5 nitrogen and oxygen atoms in total. The zero-order valence-corrected chi connectivity index (χ0v) is 11.9. The summed E-state index contributed by atoms with van der Waals surface area (Å²) in [5.41, 5.74) is -0.451. The third-order valence-corrected chi connectivity index (χ3v) is 5.15. The molecular weight excluding hydrogens is 302 g/mol. The number of carbonyl (C=O) groups is 1. The number of piperidine rings is 1. The van der Waals surface area contributed by atoms with Crippen LogP contribution >= 0.6 is 0 Å². The number of amides is 1. The molecule has 1 aliphatic heterocycles. The standard InChI is InChI=1S/C13H14F2N2O3S/c14-10-5-11(15)12(21(16,19)20)4-9(10)13(18)17-6-7-1-2-8(17)3-7/h4-5,7-8H,1-3,6H2,(H2,16,19,20). The highest BCUT2D eigenvalue weighted by atomic mass is 32.2. The summed E-state index contributed by atoms with van der Waals surface area (Å²) in [6.07, 6.45) is 2.79. The van der Waals surface area contributed by atoms with Crippen LogP contribution in [0, 0.1) is 17.6 Å². The highest BCUT2D eigenvalue weighted by Gasteiger charge is 2.41. The fraction of sp³-hybridized carbons (Fsp3) is 0.462. The van der Waals surface area contributed by atoms with Crippen molar-refractivity contribution in [1.29, 1.82) is 0 Å². The first-order valence-corrected chi connectivity index (χ1v) is 8.15. The van der Waals surface area contributed by atoms with Crippen molar-refractivity contribution in [2.75, 3.05) is 6.54 Å². The number of hydrogen-bond acceptors (Lipinski definition) is 3. The molecule has 2 unspecified atom stereocenters. The number of rotatable bonds is 2. The predicted molar refractivity (Wildman–Crippen MR) is 69.9 cm³/mol. The van der Waals surface area contributed by atoms with E-state index in [0.29, 0.717) is 24.6 Å². The Kier molecular flexibility index (Phi) is 3.25. The van der Waals surface area contributed by atoms with Crippen LogP contribution in [0.4, 0.5) is 8.78 Å². The van der Waals surface area contributed by atoms with Crippen molar-refractivity contribution >= 4 is 15.9 Å². The van der Waals surface area contributed by atoms with Crippen LogP contribution in [-0.2, 0) is 10.0 Å². The second-order valence-electron chi connectivity index (χ2n) is 5.60. The Bertz CT molecular complexity index is 720. The summed E-state index contributed by atoms with van der Waals surface area (Å²) in [6, 6.07) is 1.14. The molecule has 3 rings (SSSR count). The normalized spacial score (nSPS) is 24.6. The summed E-state index contributed by atoms with van der Waals surface area (Å²) in [4.78, 5) is 13.1. The Morgan fingerprint density at radius 1 is 1.24 bits per heavy atom. The fourth-order valence-corrected chi connectivity index (χ4v) is 3.85. The molecule has 8 heteroatoms. The van der Waals surface area contributed by atoms with Gasteiger partial charge in [-0.05, 0) is 31.2 Å². The third kappa shape index (κ3) is 2.42. The molecule has 1 heterocycles. The minimum atomic E-state index is -4.35. The molecule has 2 N–H and O–H groups in total. The molecule has 1 aromatic rings. The first kappa shape index (κ1) is 14.4. The van der Waals surface area contributed by atoms with E-state index in [1.807, 2.05) is 0 Å². The highest BCUT2D eigenvalue weighted by Crippen LogP contribution is 2.38. The molecule has 0 radical (unpaired) electrons. The zero-order valence-electron chi connectivity index (χ0n) is 11.1. The lowest BCUT2D eigenvalue weighted by atomic mass is 10.1. The topological polar surface area (TPSA) is 80.5 Å². The molecular formula is C13H14F2N2O3S. The molecule has 1 aromatic carbocycles. The molecule has 0 spiro atoms. The van der Waals surface area contributed by atoms with Gasteiger partial charge in [0.15, 0.2) is 0 Å². The Morgan fingerprint density at radius 3 is 2.48 bits per heavy atom. The van der Waals surface area contributed by atoms with E-state index in [4.69, 9.17) is 5.14 Å². The van der Waals surface area contributed by atoms with E-state index in [9.17, 15) is 22.0 Å². The van der Waals surface area contributed by atoms with Crippen molar-refractivity contribution in [1.82, 2.24) is 4.90 Å². The lowest BCUT2D eigenvalue weighted by Crippen LogP contribution is -2.38. The summed E-state index contributed by atoms with van der Waals surface area (Å²) in [5, 5.41) is 4.88. The number of likely N-dealkylation sites (tertiary alicyclic amines) is 1. The number of primary sulfonamides is 1. The van der Waals surface area contributed by atoms with E-state index < -0.39 is 38.0 Å². The number of benzene rings is 1. The molecule has 1 saturated heterocycles. The average Bonchev–Trinajstić information content (AvgIpc) is 2.98. The van der Waals surface area contributed by atoms with Gasteiger partial charge >= 0.3 is 0 Å². The van der Waals surface area contributed by atoms with Gasteiger partial charge in [-0.25, -0.2) is 22.3 Å². The summed E-state index contributed by atoms with van der Waals surface area (Å²) >= 11 is 0. The second-order valence-corrected chi connectivity index (χ2v) is 7.13. The predicted octanol–water partition coefficient (Wildman–Crippen LogP) is 1.24. The number of nitrogens with two attached hydrogens (primary N) is 1. The SMILES string of the molecule is NS(=O)(=O)c1cc(C(=O)N2CC3CCC2C3)c(F)cc1F. The van der Waals surface area contributed by atoms with E-state index >= 15 is 0 Å². The molecule has 0 aromatic heterocycles. The first-order chi connectivity index (χ1) is 9.77.